The molecule has 0 radical (unpaired) electrons. The molecule has 2 N–H and O–H groups in total. The number of aromatic amines is 1. The highest BCUT2D eigenvalue weighted by atomic mass is 32.2. The fourth-order valence-corrected chi connectivity index (χ4v) is 3.17. The average molecular weight is 334 g/mol. The number of nitrogens with one attached hydrogen (secondary N) is 2. The Morgan fingerprint density at radius 3 is 2.70 bits per heavy atom. The molecule has 2 aromatic heterocycles. The number of nitrogens with zero attached hydrogens (tertiary/aromatic N) is 2. The molecule has 0 aliphatic heterocycles. The Labute approximate surface area is 131 Å². The third-order valence-electron chi connectivity index (χ3n) is 3.13. The van der Waals surface area contributed by atoms with E-state index in [2.05, 4.69) is 14.9 Å². The normalized spacial score (nSPS) is 11.5. The molecule has 0 unspecified atom stereocenters. The van der Waals surface area contributed by atoms with Crippen LogP contribution in [0.25, 0.3) is 5.52 Å². The van der Waals surface area contributed by atoms with Gasteiger partial charge in [-0.2, -0.15) is 5.10 Å². The maximum atomic E-state index is 12.4. The van der Waals surface area contributed by atoms with E-state index in [0.29, 0.717) is 18.0 Å². The van der Waals surface area contributed by atoms with Crippen LogP contribution in [0.15, 0.2) is 52.5 Å². The summed E-state index contributed by atoms with van der Waals surface area (Å²) in [5.41, 5.74) is 0.137. The van der Waals surface area contributed by atoms with Crippen molar-refractivity contribution < 1.29 is 13.2 Å². The fourth-order valence-electron chi connectivity index (χ4n) is 2.09. The molecular weight excluding hydrogens is 320 g/mol. The Kier molecular flexibility index (Phi) is 3.78. The summed E-state index contributed by atoms with van der Waals surface area (Å²) in [6.07, 6.45) is 2.65. The number of H-pyrrole nitrogens is 1. The van der Waals surface area contributed by atoms with Gasteiger partial charge in [0.05, 0.1) is 6.61 Å². The monoisotopic (exact) mass is 334 g/mol. The molecule has 0 aliphatic rings. The zero-order chi connectivity index (χ0) is 16.4. The second kappa shape index (κ2) is 5.76. The van der Waals surface area contributed by atoms with Crippen LogP contribution in [0.5, 0.6) is 5.75 Å². The van der Waals surface area contributed by atoms with Gasteiger partial charge in [0.15, 0.2) is 0 Å². The summed E-state index contributed by atoms with van der Waals surface area (Å²) in [6.45, 7) is 2.40. The van der Waals surface area contributed by atoms with Gasteiger partial charge in [-0.05, 0) is 37.3 Å². The van der Waals surface area contributed by atoms with Gasteiger partial charge in [-0.15, -0.1) is 0 Å². The number of ether oxygens (including phenoxy) is 1. The highest BCUT2D eigenvalue weighted by Gasteiger charge is 2.17. The number of anilines is 1. The van der Waals surface area contributed by atoms with Gasteiger partial charge in [0.2, 0.25) is 0 Å². The fraction of sp³-hybridized carbons (Fsp3) is 0.143. The highest BCUT2D eigenvalue weighted by Crippen LogP contribution is 2.20. The van der Waals surface area contributed by atoms with E-state index >= 15 is 0 Å². The van der Waals surface area contributed by atoms with Crippen molar-refractivity contribution in [1.29, 1.82) is 0 Å². The minimum absolute atomic E-state index is 0.0233. The van der Waals surface area contributed by atoms with Crippen molar-refractivity contribution in [3.8, 4) is 5.75 Å². The Morgan fingerprint density at radius 1 is 1.30 bits per heavy atom. The average Bonchev–Trinajstić information content (AvgIpc) is 2.96. The van der Waals surface area contributed by atoms with Crippen molar-refractivity contribution in [3.63, 3.8) is 0 Å². The maximum Gasteiger partial charge on any atom is 0.288 e. The second-order valence-corrected chi connectivity index (χ2v) is 6.40. The largest absolute Gasteiger partial charge is 0.494 e. The van der Waals surface area contributed by atoms with Crippen LogP contribution in [-0.2, 0) is 10.0 Å². The van der Waals surface area contributed by atoms with Gasteiger partial charge in [-0.3, -0.25) is 13.9 Å². The minimum atomic E-state index is -3.81. The van der Waals surface area contributed by atoms with Crippen LogP contribution in [0.1, 0.15) is 6.92 Å². The predicted octanol–water partition coefficient (Wildman–Crippen LogP) is 1.22. The first-order chi connectivity index (χ1) is 11.0. The Bertz CT molecular complexity index is 990. The van der Waals surface area contributed by atoms with Gasteiger partial charge in [0.25, 0.3) is 15.6 Å². The zero-order valence-electron chi connectivity index (χ0n) is 12.2. The van der Waals surface area contributed by atoms with Crippen LogP contribution in [-0.4, -0.2) is 29.6 Å². The number of benzene rings is 1. The van der Waals surface area contributed by atoms with E-state index in [-0.39, 0.29) is 10.4 Å². The van der Waals surface area contributed by atoms with E-state index in [1.54, 1.807) is 24.3 Å². The molecule has 2 heterocycles. The summed E-state index contributed by atoms with van der Waals surface area (Å²) in [6, 6.07) is 7.84. The smallest absolute Gasteiger partial charge is 0.288 e. The lowest BCUT2D eigenvalue weighted by Crippen LogP contribution is -2.12. The first-order valence-corrected chi connectivity index (χ1v) is 8.29. The molecular formula is C14H14N4O4S. The minimum Gasteiger partial charge on any atom is -0.494 e. The molecule has 0 saturated carbocycles. The lowest BCUT2D eigenvalue weighted by Gasteiger charge is -2.07. The van der Waals surface area contributed by atoms with Crippen molar-refractivity contribution in [3.05, 3.63) is 53.2 Å². The number of fused-ring (bicyclic) bond motifs is 1. The van der Waals surface area contributed by atoms with E-state index in [9.17, 15) is 13.2 Å². The lowest BCUT2D eigenvalue weighted by atomic mass is 10.3. The standard InChI is InChI=1S/C14H14N4O4S/c1-2-22-11-5-3-10(4-6-11)17-23(20,21)12-7-13-14(19)16-15-9-18(13)8-12/h3-9,17H,2H2,1H3,(H,16,19). The molecule has 3 aromatic rings. The van der Waals surface area contributed by atoms with Crippen LogP contribution in [0.2, 0.25) is 0 Å². The van der Waals surface area contributed by atoms with E-state index in [1.165, 1.54) is 23.0 Å². The molecule has 23 heavy (non-hydrogen) atoms. The quantitative estimate of drug-likeness (QED) is 0.730. The molecule has 0 spiro atoms. The SMILES string of the molecule is CCOc1ccc(NS(=O)(=O)c2cc3c(=O)[nH]ncn3c2)cc1. The zero-order valence-corrected chi connectivity index (χ0v) is 13.0. The molecule has 0 atom stereocenters. The third-order valence-corrected chi connectivity index (χ3v) is 4.48. The van der Waals surface area contributed by atoms with Crippen LogP contribution in [0.3, 0.4) is 0 Å². The van der Waals surface area contributed by atoms with Gasteiger partial charge >= 0.3 is 0 Å². The maximum absolute atomic E-state index is 12.4. The summed E-state index contributed by atoms with van der Waals surface area (Å²) in [7, 11) is -3.81. The molecule has 9 heteroatoms. The molecule has 0 amide bonds. The van der Waals surface area contributed by atoms with E-state index in [0.717, 1.165) is 0 Å². The Balaban J connectivity index is 1.91. The lowest BCUT2D eigenvalue weighted by molar-refractivity contribution is 0.340. The van der Waals surface area contributed by atoms with Crippen LogP contribution in [0, 0.1) is 0 Å². The van der Waals surface area contributed by atoms with Gasteiger partial charge in [-0.25, -0.2) is 13.5 Å². The number of rotatable bonds is 5. The molecule has 3 rings (SSSR count). The molecule has 1 aromatic carbocycles. The second-order valence-electron chi connectivity index (χ2n) is 4.72. The molecule has 8 nitrogen and oxygen atoms in total. The van der Waals surface area contributed by atoms with Crippen molar-refractivity contribution in [1.82, 2.24) is 14.6 Å². The van der Waals surface area contributed by atoms with Gasteiger partial charge < -0.3 is 4.74 Å². The number of sulfonamides is 1. The Hall–Kier alpha value is -2.81. The first-order valence-electron chi connectivity index (χ1n) is 6.80. The molecule has 0 bridgehead atoms. The van der Waals surface area contributed by atoms with E-state index in [1.807, 2.05) is 6.92 Å². The number of hydrogen-bond acceptors (Lipinski definition) is 5. The van der Waals surface area contributed by atoms with Gasteiger partial charge in [0.1, 0.15) is 22.5 Å². The van der Waals surface area contributed by atoms with Gasteiger partial charge in [-0.1, -0.05) is 0 Å². The van der Waals surface area contributed by atoms with E-state index in [4.69, 9.17) is 4.74 Å². The van der Waals surface area contributed by atoms with Crippen LogP contribution < -0.4 is 15.0 Å². The summed E-state index contributed by atoms with van der Waals surface area (Å²) in [4.78, 5) is 11.6. The van der Waals surface area contributed by atoms with Crippen molar-refractivity contribution in [2.45, 2.75) is 11.8 Å². The van der Waals surface area contributed by atoms with Crippen LogP contribution in [0.4, 0.5) is 5.69 Å². The van der Waals surface area contributed by atoms with Gasteiger partial charge in [0, 0.05) is 11.9 Å². The van der Waals surface area contributed by atoms with Crippen molar-refractivity contribution in [2.24, 2.45) is 0 Å². The summed E-state index contributed by atoms with van der Waals surface area (Å²) >= 11 is 0. The van der Waals surface area contributed by atoms with Crippen LogP contribution >= 0.6 is 0 Å². The highest BCUT2D eigenvalue weighted by molar-refractivity contribution is 7.92. The summed E-state index contributed by atoms with van der Waals surface area (Å²) in [5.74, 6) is 0.655. The molecule has 0 saturated heterocycles. The molecule has 120 valence electrons. The first kappa shape index (κ1) is 15.1. The van der Waals surface area contributed by atoms with Crippen molar-refractivity contribution >= 4 is 21.2 Å². The van der Waals surface area contributed by atoms with Crippen molar-refractivity contribution in [2.75, 3.05) is 11.3 Å². The Morgan fingerprint density at radius 2 is 2.04 bits per heavy atom. The molecule has 0 aliphatic carbocycles. The molecule has 0 fully saturated rings. The number of aromatic nitrogens is 3. The van der Waals surface area contributed by atoms with E-state index < -0.39 is 15.6 Å². The summed E-state index contributed by atoms with van der Waals surface area (Å²) in [5, 5.41) is 5.87. The topological polar surface area (TPSA) is 106 Å². The predicted molar refractivity (Wildman–Crippen MR) is 84.2 cm³/mol. The summed E-state index contributed by atoms with van der Waals surface area (Å²) < 4.78 is 33.9. The third kappa shape index (κ3) is 3.04. The number of hydrogen-bond donors (Lipinski definition) is 2.